The van der Waals surface area contributed by atoms with Gasteiger partial charge in [0.15, 0.2) is 6.10 Å². The standard InChI is InChI=1S/C13H24O3/c1-5-15-12(14)10(2)16-11-6-8-13(3,4)9-7-11/h10-11H,5-9H2,1-4H3. The first kappa shape index (κ1) is 13.5. The highest BCUT2D eigenvalue weighted by Gasteiger charge is 2.29. The first-order valence-corrected chi connectivity index (χ1v) is 6.27. The molecule has 0 spiro atoms. The van der Waals surface area contributed by atoms with E-state index in [-0.39, 0.29) is 12.1 Å². The second-order valence-corrected chi connectivity index (χ2v) is 5.39. The van der Waals surface area contributed by atoms with Crippen LogP contribution in [0.3, 0.4) is 0 Å². The minimum absolute atomic E-state index is 0.229. The summed E-state index contributed by atoms with van der Waals surface area (Å²) in [5.74, 6) is -0.243. The number of hydrogen-bond donors (Lipinski definition) is 0. The number of hydrogen-bond acceptors (Lipinski definition) is 3. The molecule has 1 fully saturated rings. The number of carbonyl (C=O) groups excluding carboxylic acids is 1. The molecule has 0 aromatic heterocycles. The normalized spacial score (nSPS) is 22.8. The van der Waals surface area contributed by atoms with Crippen LogP contribution in [0.1, 0.15) is 53.4 Å². The Hall–Kier alpha value is -0.570. The van der Waals surface area contributed by atoms with Gasteiger partial charge in [-0.3, -0.25) is 0 Å². The summed E-state index contributed by atoms with van der Waals surface area (Å²) in [5, 5.41) is 0. The first-order valence-electron chi connectivity index (χ1n) is 6.27. The molecule has 16 heavy (non-hydrogen) atoms. The molecule has 1 atom stereocenters. The first-order chi connectivity index (χ1) is 7.44. The topological polar surface area (TPSA) is 35.5 Å². The molecule has 0 aromatic rings. The van der Waals surface area contributed by atoms with Crippen LogP contribution in [0.25, 0.3) is 0 Å². The SMILES string of the molecule is CCOC(=O)C(C)OC1CCC(C)(C)CC1. The maximum absolute atomic E-state index is 11.4. The third-order valence-corrected chi connectivity index (χ3v) is 3.30. The van der Waals surface area contributed by atoms with E-state index in [0.717, 1.165) is 12.8 Å². The molecular formula is C13H24O3. The van der Waals surface area contributed by atoms with Crippen LogP contribution in [0.2, 0.25) is 0 Å². The minimum Gasteiger partial charge on any atom is -0.464 e. The summed E-state index contributed by atoms with van der Waals surface area (Å²) in [6.45, 7) is 8.59. The average molecular weight is 228 g/mol. The van der Waals surface area contributed by atoms with Crippen molar-refractivity contribution in [3.05, 3.63) is 0 Å². The van der Waals surface area contributed by atoms with Crippen molar-refractivity contribution >= 4 is 5.97 Å². The predicted molar refractivity (Wildman–Crippen MR) is 63.2 cm³/mol. The van der Waals surface area contributed by atoms with Gasteiger partial charge in [-0.15, -0.1) is 0 Å². The van der Waals surface area contributed by atoms with Crippen molar-refractivity contribution in [3.63, 3.8) is 0 Å². The van der Waals surface area contributed by atoms with Crippen LogP contribution in [0.5, 0.6) is 0 Å². The summed E-state index contributed by atoms with van der Waals surface area (Å²) in [7, 11) is 0. The van der Waals surface area contributed by atoms with E-state index in [1.165, 1.54) is 12.8 Å². The van der Waals surface area contributed by atoms with Crippen molar-refractivity contribution in [2.24, 2.45) is 5.41 Å². The number of esters is 1. The molecule has 0 amide bonds. The highest BCUT2D eigenvalue weighted by Crippen LogP contribution is 2.36. The third-order valence-electron chi connectivity index (χ3n) is 3.30. The Bertz CT molecular complexity index is 225. The monoisotopic (exact) mass is 228 g/mol. The summed E-state index contributed by atoms with van der Waals surface area (Å²) in [6.07, 6.45) is 4.26. The minimum atomic E-state index is -0.425. The lowest BCUT2D eigenvalue weighted by atomic mass is 9.76. The van der Waals surface area contributed by atoms with Crippen molar-refractivity contribution < 1.29 is 14.3 Å². The lowest BCUT2D eigenvalue weighted by Gasteiger charge is -2.34. The van der Waals surface area contributed by atoms with Crippen molar-refractivity contribution in [3.8, 4) is 0 Å². The molecule has 0 bridgehead atoms. The Morgan fingerprint density at radius 1 is 1.38 bits per heavy atom. The van der Waals surface area contributed by atoms with Crippen LogP contribution in [0.15, 0.2) is 0 Å². The van der Waals surface area contributed by atoms with Gasteiger partial charge in [-0.1, -0.05) is 13.8 Å². The summed E-state index contributed by atoms with van der Waals surface area (Å²) in [5.41, 5.74) is 0.438. The molecule has 1 unspecified atom stereocenters. The van der Waals surface area contributed by atoms with E-state index in [2.05, 4.69) is 13.8 Å². The van der Waals surface area contributed by atoms with Crippen LogP contribution in [0, 0.1) is 5.41 Å². The molecule has 94 valence electrons. The lowest BCUT2D eigenvalue weighted by Crippen LogP contribution is -2.33. The molecule has 0 aliphatic heterocycles. The van der Waals surface area contributed by atoms with Crippen molar-refractivity contribution in [2.45, 2.75) is 65.6 Å². The fraction of sp³-hybridized carbons (Fsp3) is 0.923. The Morgan fingerprint density at radius 2 is 1.94 bits per heavy atom. The smallest absolute Gasteiger partial charge is 0.334 e. The highest BCUT2D eigenvalue weighted by molar-refractivity contribution is 5.74. The highest BCUT2D eigenvalue weighted by atomic mass is 16.6. The zero-order valence-corrected chi connectivity index (χ0v) is 10.9. The van der Waals surface area contributed by atoms with Crippen LogP contribution >= 0.6 is 0 Å². The van der Waals surface area contributed by atoms with E-state index in [1.54, 1.807) is 6.92 Å². The molecule has 0 radical (unpaired) electrons. The van der Waals surface area contributed by atoms with Gasteiger partial charge in [0.2, 0.25) is 0 Å². The van der Waals surface area contributed by atoms with E-state index in [1.807, 2.05) is 6.92 Å². The fourth-order valence-corrected chi connectivity index (χ4v) is 2.11. The molecule has 1 saturated carbocycles. The quantitative estimate of drug-likeness (QED) is 0.694. The van der Waals surface area contributed by atoms with Crippen LogP contribution < -0.4 is 0 Å². The number of rotatable bonds is 4. The largest absolute Gasteiger partial charge is 0.464 e. The molecule has 1 aliphatic carbocycles. The Kier molecular flexibility index (Phi) is 4.78. The molecular weight excluding hydrogens is 204 g/mol. The van der Waals surface area contributed by atoms with Gasteiger partial charge >= 0.3 is 5.97 Å². The van der Waals surface area contributed by atoms with E-state index < -0.39 is 6.10 Å². The van der Waals surface area contributed by atoms with E-state index in [0.29, 0.717) is 12.0 Å². The second-order valence-electron chi connectivity index (χ2n) is 5.39. The Morgan fingerprint density at radius 3 is 2.44 bits per heavy atom. The molecule has 3 heteroatoms. The lowest BCUT2D eigenvalue weighted by molar-refractivity contribution is -0.160. The van der Waals surface area contributed by atoms with Crippen molar-refractivity contribution in [2.75, 3.05) is 6.61 Å². The maximum atomic E-state index is 11.4. The van der Waals surface area contributed by atoms with Gasteiger partial charge in [0, 0.05) is 0 Å². The predicted octanol–water partition coefficient (Wildman–Crippen LogP) is 2.92. The van der Waals surface area contributed by atoms with Crippen LogP contribution in [0.4, 0.5) is 0 Å². The molecule has 1 rings (SSSR count). The molecule has 0 aromatic carbocycles. The van der Waals surface area contributed by atoms with E-state index >= 15 is 0 Å². The molecule has 3 nitrogen and oxygen atoms in total. The van der Waals surface area contributed by atoms with E-state index in [4.69, 9.17) is 9.47 Å². The van der Waals surface area contributed by atoms with Gasteiger partial charge in [0.05, 0.1) is 12.7 Å². The van der Waals surface area contributed by atoms with Gasteiger partial charge in [0.1, 0.15) is 0 Å². The molecule has 1 aliphatic rings. The molecule has 0 heterocycles. The second kappa shape index (κ2) is 5.67. The van der Waals surface area contributed by atoms with Crippen molar-refractivity contribution in [1.82, 2.24) is 0 Å². The van der Waals surface area contributed by atoms with Gasteiger partial charge in [-0.05, 0) is 44.9 Å². The van der Waals surface area contributed by atoms with Gasteiger partial charge < -0.3 is 9.47 Å². The Labute approximate surface area is 98.5 Å². The van der Waals surface area contributed by atoms with Gasteiger partial charge in [-0.25, -0.2) is 4.79 Å². The Balaban J connectivity index is 2.30. The zero-order valence-electron chi connectivity index (χ0n) is 10.9. The van der Waals surface area contributed by atoms with Crippen molar-refractivity contribution in [1.29, 1.82) is 0 Å². The van der Waals surface area contributed by atoms with Crippen LogP contribution in [-0.2, 0) is 14.3 Å². The van der Waals surface area contributed by atoms with Gasteiger partial charge in [0.25, 0.3) is 0 Å². The number of ether oxygens (including phenoxy) is 2. The molecule has 0 saturated heterocycles. The van der Waals surface area contributed by atoms with Crippen LogP contribution in [-0.4, -0.2) is 24.8 Å². The fourth-order valence-electron chi connectivity index (χ4n) is 2.11. The van der Waals surface area contributed by atoms with Gasteiger partial charge in [-0.2, -0.15) is 0 Å². The number of carbonyl (C=O) groups is 1. The summed E-state index contributed by atoms with van der Waals surface area (Å²) in [4.78, 5) is 11.4. The maximum Gasteiger partial charge on any atom is 0.334 e. The van der Waals surface area contributed by atoms with E-state index in [9.17, 15) is 4.79 Å². The summed E-state index contributed by atoms with van der Waals surface area (Å²) >= 11 is 0. The summed E-state index contributed by atoms with van der Waals surface area (Å²) in [6, 6.07) is 0. The zero-order chi connectivity index (χ0) is 12.2. The average Bonchev–Trinajstić information content (AvgIpc) is 2.21. The summed E-state index contributed by atoms with van der Waals surface area (Å²) < 4.78 is 10.6. The molecule has 0 N–H and O–H groups in total. The third kappa shape index (κ3) is 4.12.